The molecule has 0 aromatic carbocycles. The SMILES string of the molecule is CC12CNC(CCC1c1nc3c(cc1F)c(=O)c(C(=O)O)cn3C1CC1)CN2. The predicted octanol–water partition coefficient (Wildman–Crippen LogP) is 1.77. The minimum absolute atomic E-state index is 0.0437. The van der Waals surface area contributed by atoms with Crippen LogP contribution in [-0.2, 0) is 0 Å². The van der Waals surface area contributed by atoms with Gasteiger partial charge in [-0.3, -0.25) is 4.79 Å². The Labute approximate surface area is 161 Å². The molecule has 7 nitrogen and oxygen atoms in total. The molecule has 2 bridgehead atoms. The van der Waals surface area contributed by atoms with Gasteiger partial charge < -0.3 is 20.3 Å². The first-order chi connectivity index (χ1) is 13.4. The van der Waals surface area contributed by atoms with Crippen molar-refractivity contribution in [3.63, 3.8) is 0 Å². The minimum Gasteiger partial charge on any atom is -0.477 e. The topological polar surface area (TPSA) is 96.2 Å². The zero-order chi connectivity index (χ0) is 19.6. The molecule has 3 atom stereocenters. The summed E-state index contributed by atoms with van der Waals surface area (Å²) in [6.45, 7) is 3.66. The van der Waals surface area contributed by atoms with Crippen LogP contribution in [0.15, 0.2) is 17.1 Å². The molecule has 3 unspecified atom stereocenters. The molecule has 2 aromatic heterocycles. The van der Waals surface area contributed by atoms with Crippen molar-refractivity contribution in [1.29, 1.82) is 0 Å². The second kappa shape index (κ2) is 6.09. The molecule has 4 aliphatic rings. The van der Waals surface area contributed by atoms with E-state index in [1.807, 2.05) is 0 Å². The summed E-state index contributed by atoms with van der Waals surface area (Å²) in [6, 6.07) is 1.69. The number of aromatic nitrogens is 2. The van der Waals surface area contributed by atoms with Crippen LogP contribution in [0.1, 0.15) is 60.6 Å². The van der Waals surface area contributed by atoms with Gasteiger partial charge in [0.25, 0.3) is 0 Å². The van der Waals surface area contributed by atoms with E-state index < -0.39 is 17.2 Å². The molecule has 1 saturated carbocycles. The van der Waals surface area contributed by atoms with Crippen LogP contribution in [0.2, 0.25) is 0 Å². The molecule has 28 heavy (non-hydrogen) atoms. The molecule has 1 aliphatic carbocycles. The van der Waals surface area contributed by atoms with Gasteiger partial charge in [0.05, 0.1) is 11.1 Å². The van der Waals surface area contributed by atoms with E-state index in [2.05, 4.69) is 22.5 Å². The minimum atomic E-state index is -1.30. The Morgan fingerprint density at radius 1 is 1.36 bits per heavy atom. The average Bonchev–Trinajstić information content (AvgIpc) is 3.50. The Bertz CT molecular complexity index is 1040. The maximum atomic E-state index is 15.2. The van der Waals surface area contributed by atoms with Gasteiger partial charge in [0, 0.05) is 42.8 Å². The highest BCUT2D eigenvalue weighted by Gasteiger charge is 2.43. The van der Waals surface area contributed by atoms with Crippen LogP contribution in [-0.4, -0.2) is 45.3 Å². The zero-order valence-corrected chi connectivity index (χ0v) is 15.7. The van der Waals surface area contributed by atoms with Crippen LogP contribution in [0.4, 0.5) is 4.39 Å². The van der Waals surface area contributed by atoms with Gasteiger partial charge in [0.15, 0.2) is 0 Å². The molecule has 3 N–H and O–H groups in total. The number of fused-ring (bicyclic) bond motifs is 5. The van der Waals surface area contributed by atoms with Crippen molar-refractivity contribution in [2.75, 3.05) is 13.1 Å². The second-order valence-corrected chi connectivity index (χ2v) is 8.55. The van der Waals surface area contributed by atoms with E-state index in [0.717, 1.165) is 38.8 Å². The summed E-state index contributed by atoms with van der Waals surface area (Å²) in [5, 5.41) is 16.5. The van der Waals surface area contributed by atoms with Crippen LogP contribution in [0, 0.1) is 5.82 Å². The Morgan fingerprint density at radius 3 is 2.79 bits per heavy atom. The van der Waals surface area contributed by atoms with Gasteiger partial charge in [-0.25, -0.2) is 14.2 Å². The second-order valence-electron chi connectivity index (χ2n) is 8.55. The Hall–Kier alpha value is -2.32. The number of carboxylic acid groups (broad SMARTS) is 1. The fourth-order valence-electron chi connectivity index (χ4n) is 4.71. The largest absolute Gasteiger partial charge is 0.477 e. The van der Waals surface area contributed by atoms with Gasteiger partial charge in [0.2, 0.25) is 5.43 Å². The number of nitrogens with zero attached hydrogens (tertiary/aromatic N) is 2. The van der Waals surface area contributed by atoms with Crippen molar-refractivity contribution in [3.05, 3.63) is 39.6 Å². The molecule has 5 heterocycles. The summed E-state index contributed by atoms with van der Waals surface area (Å²) < 4.78 is 16.9. The molecule has 6 rings (SSSR count). The number of piperazine rings is 1. The number of rotatable bonds is 3. The molecule has 0 spiro atoms. The molecule has 0 amide bonds. The Kier molecular flexibility index (Phi) is 3.86. The lowest BCUT2D eigenvalue weighted by Gasteiger charge is -2.40. The number of carboxylic acids is 1. The highest BCUT2D eigenvalue weighted by Crippen LogP contribution is 2.40. The van der Waals surface area contributed by atoms with E-state index in [-0.39, 0.29) is 28.4 Å². The number of carbonyl (C=O) groups is 1. The van der Waals surface area contributed by atoms with Gasteiger partial charge in [-0.15, -0.1) is 0 Å². The van der Waals surface area contributed by atoms with Crippen molar-refractivity contribution in [2.45, 2.75) is 56.1 Å². The van der Waals surface area contributed by atoms with E-state index in [1.54, 1.807) is 4.57 Å². The molecular weight excluding hydrogens is 363 g/mol. The lowest BCUT2D eigenvalue weighted by molar-refractivity contribution is 0.0695. The maximum absolute atomic E-state index is 15.2. The maximum Gasteiger partial charge on any atom is 0.341 e. The fraction of sp³-hybridized carbons (Fsp3) is 0.550. The third-order valence-electron chi connectivity index (χ3n) is 6.57. The normalized spacial score (nSPS) is 29.8. The molecule has 8 heteroatoms. The van der Waals surface area contributed by atoms with Crippen molar-refractivity contribution in [3.8, 4) is 0 Å². The van der Waals surface area contributed by atoms with Gasteiger partial charge in [-0.1, -0.05) is 0 Å². The van der Waals surface area contributed by atoms with Crippen molar-refractivity contribution >= 4 is 17.0 Å². The zero-order valence-electron chi connectivity index (χ0n) is 15.7. The summed E-state index contributed by atoms with van der Waals surface area (Å²) in [6.07, 6.45) is 4.91. The van der Waals surface area contributed by atoms with Crippen LogP contribution < -0.4 is 16.1 Å². The van der Waals surface area contributed by atoms with Gasteiger partial charge in [-0.2, -0.15) is 0 Å². The third kappa shape index (κ3) is 2.66. The number of hydrogen-bond acceptors (Lipinski definition) is 5. The van der Waals surface area contributed by atoms with Crippen molar-refractivity contribution in [2.24, 2.45) is 0 Å². The van der Waals surface area contributed by atoms with E-state index in [0.29, 0.717) is 17.4 Å². The van der Waals surface area contributed by atoms with Gasteiger partial charge >= 0.3 is 5.97 Å². The summed E-state index contributed by atoms with van der Waals surface area (Å²) >= 11 is 0. The molecule has 2 aromatic rings. The molecule has 0 radical (unpaired) electrons. The summed E-state index contributed by atoms with van der Waals surface area (Å²) in [5.74, 6) is -1.96. The number of hydrogen-bond donors (Lipinski definition) is 3. The highest BCUT2D eigenvalue weighted by molar-refractivity contribution is 5.91. The van der Waals surface area contributed by atoms with Crippen LogP contribution >= 0.6 is 0 Å². The molecule has 3 aliphatic heterocycles. The fourth-order valence-corrected chi connectivity index (χ4v) is 4.71. The van der Waals surface area contributed by atoms with E-state index >= 15 is 4.39 Å². The quantitative estimate of drug-likeness (QED) is 0.744. The number of pyridine rings is 2. The molecule has 3 saturated heterocycles. The predicted molar refractivity (Wildman–Crippen MR) is 101 cm³/mol. The number of nitrogens with one attached hydrogen (secondary N) is 2. The third-order valence-corrected chi connectivity index (χ3v) is 6.57. The Balaban J connectivity index is 1.72. The average molecular weight is 386 g/mol. The van der Waals surface area contributed by atoms with E-state index in [4.69, 9.17) is 0 Å². The number of halogens is 1. The molecule has 148 valence electrons. The first-order valence-electron chi connectivity index (χ1n) is 9.84. The van der Waals surface area contributed by atoms with Gasteiger partial charge in [0.1, 0.15) is 17.0 Å². The van der Waals surface area contributed by atoms with Crippen LogP contribution in [0.25, 0.3) is 11.0 Å². The van der Waals surface area contributed by atoms with E-state index in [9.17, 15) is 14.7 Å². The summed E-state index contributed by atoms with van der Waals surface area (Å²) in [5.41, 5.74) is -0.572. The first kappa shape index (κ1) is 17.8. The lowest BCUT2D eigenvalue weighted by Crippen LogP contribution is -2.61. The number of aromatic carboxylic acids is 1. The standard InChI is InChI=1S/C20H23FN4O3/c1-20-9-22-10(7-23-20)2-5-14(20)16-15(21)6-12-17(26)13(19(27)28)8-25(11-3-4-11)18(12)24-16/h6,8,10-11,14,22-23H,2-5,7,9H2,1H3,(H,27,28). The van der Waals surface area contributed by atoms with E-state index in [1.165, 1.54) is 12.3 Å². The summed E-state index contributed by atoms with van der Waals surface area (Å²) in [4.78, 5) is 28.8. The first-order valence-corrected chi connectivity index (χ1v) is 9.84. The Morgan fingerprint density at radius 2 is 2.14 bits per heavy atom. The smallest absolute Gasteiger partial charge is 0.341 e. The van der Waals surface area contributed by atoms with Crippen molar-refractivity contribution in [1.82, 2.24) is 20.2 Å². The highest BCUT2D eigenvalue weighted by atomic mass is 19.1. The molecular formula is C20H23FN4O3. The van der Waals surface area contributed by atoms with Crippen LogP contribution in [0.3, 0.4) is 0 Å². The monoisotopic (exact) mass is 386 g/mol. The summed E-state index contributed by atoms with van der Waals surface area (Å²) in [7, 11) is 0. The van der Waals surface area contributed by atoms with Gasteiger partial charge in [-0.05, 0) is 38.7 Å². The van der Waals surface area contributed by atoms with Crippen LogP contribution in [0.5, 0.6) is 0 Å². The lowest BCUT2D eigenvalue weighted by atomic mass is 9.81. The van der Waals surface area contributed by atoms with Crippen molar-refractivity contribution < 1.29 is 14.3 Å². The molecule has 4 fully saturated rings.